The Morgan fingerprint density at radius 1 is 1.31 bits per heavy atom. The van der Waals surface area contributed by atoms with Gasteiger partial charge in [-0.15, -0.1) is 0 Å². The van der Waals surface area contributed by atoms with Gasteiger partial charge >= 0.3 is 6.18 Å². The molecule has 1 N–H and O–H groups in total. The average Bonchev–Trinajstić information content (AvgIpc) is 3.42. The van der Waals surface area contributed by atoms with Gasteiger partial charge < -0.3 is 5.32 Å². The topological polar surface area (TPSA) is 96.0 Å². The van der Waals surface area contributed by atoms with Gasteiger partial charge in [0.15, 0.2) is 5.65 Å². The molecule has 0 aliphatic heterocycles. The number of rotatable bonds is 4. The van der Waals surface area contributed by atoms with Gasteiger partial charge in [0.2, 0.25) is 0 Å². The number of carbonyl (C=O) groups is 1. The van der Waals surface area contributed by atoms with Crippen molar-refractivity contribution in [3.63, 3.8) is 0 Å². The number of alkyl halides is 3. The second kappa shape index (κ2) is 6.84. The van der Waals surface area contributed by atoms with Crippen molar-refractivity contribution in [2.45, 2.75) is 32.0 Å². The molecule has 1 amide bonds. The molecular weight excluding hydrogens is 385 g/mol. The molecule has 7 nitrogen and oxygen atoms in total. The van der Waals surface area contributed by atoms with Crippen LogP contribution >= 0.6 is 0 Å². The van der Waals surface area contributed by atoms with Crippen LogP contribution in [0.4, 0.5) is 13.2 Å². The third-order valence-electron chi connectivity index (χ3n) is 4.79. The number of amides is 1. The highest BCUT2D eigenvalue weighted by Gasteiger charge is 2.49. The highest BCUT2D eigenvalue weighted by molar-refractivity contribution is 6.00. The highest BCUT2D eigenvalue weighted by atomic mass is 19.4. The summed E-state index contributed by atoms with van der Waals surface area (Å²) in [5.41, 5.74) is 2.04. The number of hydrogen-bond donors (Lipinski definition) is 1. The molecule has 1 aliphatic carbocycles. The molecule has 1 fully saturated rings. The summed E-state index contributed by atoms with van der Waals surface area (Å²) in [7, 11) is 0. The lowest BCUT2D eigenvalue weighted by Crippen LogP contribution is -2.46. The van der Waals surface area contributed by atoms with Crippen molar-refractivity contribution in [1.82, 2.24) is 24.9 Å². The number of aromatic nitrogens is 4. The normalized spacial score (nSPS) is 15.1. The summed E-state index contributed by atoms with van der Waals surface area (Å²) in [4.78, 5) is 21.0. The molecule has 0 radical (unpaired) electrons. The standard InChI is InChI=1S/C19H15F3N6O/c1-10-4-15(13-5-11(6-23)7-24-8-13)26-17-14(9-25-28(10)17)18(29)27-16(12-2-3-12)19(20,21)22/h4-5,7-9,12,16H,2-3H2,1H3,(H,27,29)/t16-/m0/s1. The van der Waals surface area contributed by atoms with Crippen molar-refractivity contribution in [3.8, 4) is 17.3 Å². The Balaban J connectivity index is 1.73. The van der Waals surface area contributed by atoms with Crippen LogP contribution in [-0.2, 0) is 0 Å². The molecule has 1 saturated carbocycles. The van der Waals surface area contributed by atoms with Gasteiger partial charge in [0.05, 0.1) is 17.5 Å². The van der Waals surface area contributed by atoms with Crippen LogP contribution < -0.4 is 5.32 Å². The Labute approximate surface area is 163 Å². The molecule has 0 unspecified atom stereocenters. The van der Waals surface area contributed by atoms with E-state index in [0.717, 1.165) is 0 Å². The Bertz CT molecular complexity index is 1140. The maximum atomic E-state index is 13.3. The summed E-state index contributed by atoms with van der Waals surface area (Å²) < 4.78 is 41.2. The van der Waals surface area contributed by atoms with Crippen LogP contribution in [0.5, 0.6) is 0 Å². The summed E-state index contributed by atoms with van der Waals surface area (Å²) in [5, 5.41) is 15.2. The van der Waals surface area contributed by atoms with Crippen LogP contribution in [-0.4, -0.2) is 37.7 Å². The van der Waals surface area contributed by atoms with Crippen LogP contribution in [0.25, 0.3) is 16.9 Å². The summed E-state index contributed by atoms with van der Waals surface area (Å²) in [6, 6.07) is 3.39. The minimum absolute atomic E-state index is 0.0470. The van der Waals surface area contributed by atoms with E-state index in [1.807, 2.05) is 6.07 Å². The van der Waals surface area contributed by atoms with E-state index in [9.17, 15) is 18.0 Å². The molecule has 1 aliphatic rings. The molecule has 1 atom stereocenters. The van der Waals surface area contributed by atoms with E-state index in [1.165, 1.54) is 23.1 Å². The molecule has 0 spiro atoms. The van der Waals surface area contributed by atoms with E-state index < -0.39 is 24.0 Å². The van der Waals surface area contributed by atoms with E-state index >= 15 is 0 Å². The molecule has 3 heterocycles. The third kappa shape index (κ3) is 3.63. The number of hydrogen-bond acceptors (Lipinski definition) is 5. The minimum atomic E-state index is -4.52. The number of aryl methyl sites for hydroxylation is 1. The van der Waals surface area contributed by atoms with Gasteiger partial charge in [0.1, 0.15) is 17.7 Å². The first-order valence-electron chi connectivity index (χ1n) is 8.86. The van der Waals surface area contributed by atoms with Gasteiger partial charge in [-0.3, -0.25) is 9.78 Å². The number of nitriles is 1. The highest BCUT2D eigenvalue weighted by Crippen LogP contribution is 2.40. The van der Waals surface area contributed by atoms with Crippen LogP contribution in [0.2, 0.25) is 0 Å². The predicted octanol–water partition coefficient (Wildman–Crippen LogP) is 3.04. The van der Waals surface area contributed by atoms with Gasteiger partial charge in [0.25, 0.3) is 5.91 Å². The van der Waals surface area contributed by atoms with Crippen LogP contribution in [0, 0.1) is 24.2 Å². The zero-order valence-electron chi connectivity index (χ0n) is 15.2. The summed E-state index contributed by atoms with van der Waals surface area (Å²) in [5.74, 6) is -1.46. The molecule has 0 bridgehead atoms. The van der Waals surface area contributed by atoms with Gasteiger partial charge in [-0.2, -0.15) is 23.5 Å². The lowest BCUT2D eigenvalue weighted by atomic mass is 10.1. The first-order valence-corrected chi connectivity index (χ1v) is 8.86. The quantitative estimate of drug-likeness (QED) is 0.726. The molecule has 3 aromatic rings. The molecular formula is C19H15F3N6O. The van der Waals surface area contributed by atoms with Gasteiger partial charge in [-0.25, -0.2) is 9.50 Å². The maximum Gasteiger partial charge on any atom is 0.408 e. The summed E-state index contributed by atoms with van der Waals surface area (Å²) in [6.07, 6.45) is 0.478. The van der Waals surface area contributed by atoms with E-state index in [2.05, 4.69) is 20.4 Å². The fourth-order valence-corrected chi connectivity index (χ4v) is 3.18. The lowest BCUT2D eigenvalue weighted by Gasteiger charge is -2.20. The van der Waals surface area contributed by atoms with Gasteiger partial charge in [-0.05, 0) is 37.8 Å². The molecule has 4 rings (SSSR count). The third-order valence-corrected chi connectivity index (χ3v) is 4.79. The van der Waals surface area contributed by atoms with Crippen molar-refractivity contribution in [3.05, 3.63) is 47.5 Å². The molecule has 29 heavy (non-hydrogen) atoms. The number of nitrogens with zero attached hydrogens (tertiary/aromatic N) is 5. The monoisotopic (exact) mass is 400 g/mol. The van der Waals surface area contributed by atoms with Gasteiger partial charge in [-0.1, -0.05) is 0 Å². The van der Waals surface area contributed by atoms with Gasteiger partial charge in [0, 0.05) is 23.7 Å². The number of carbonyl (C=O) groups excluding carboxylic acids is 1. The first kappa shape index (κ1) is 18.9. The van der Waals surface area contributed by atoms with Crippen molar-refractivity contribution in [2.24, 2.45) is 5.92 Å². The van der Waals surface area contributed by atoms with Crippen molar-refractivity contribution in [2.75, 3.05) is 0 Å². The second-order valence-electron chi connectivity index (χ2n) is 6.98. The molecule has 10 heteroatoms. The fraction of sp³-hybridized carbons (Fsp3) is 0.316. The molecule has 0 aromatic carbocycles. The number of fused-ring (bicyclic) bond motifs is 1. The Hall–Kier alpha value is -3.48. The summed E-state index contributed by atoms with van der Waals surface area (Å²) in [6.45, 7) is 1.73. The largest absolute Gasteiger partial charge is 0.408 e. The smallest absolute Gasteiger partial charge is 0.340 e. The van der Waals surface area contributed by atoms with Crippen LogP contribution in [0.1, 0.15) is 34.5 Å². The molecule has 3 aromatic heterocycles. The maximum absolute atomic E-state index is 13.3. The Morgan fingerprint density at radius 2 is 2.07 bits per heavy atom. The Morgan fingerprint density at radius 3 is 2.72 bits per heavy atom. The van der Waals surface area contributed by atoms with E-state index in [-0.39, 0.29) is 11.2 Å². The number of pyridine rings is 1. The molecule has 148 valence electrons. The average molecular weight is 400 g/mol. The van der Waals surface area contributed by atoms with Crippen molar-refractivity contribution in [1.29, 1.82) is 5.26 Å². The summed E-state index contributed by atoms with van der Waals surface area (Å²) >= 11 is 0. The van der Waals surface area contributed by atoms with E-state index in [1.54, 1.807) is 19.1 Å². The van der Waals surface area contributed by atoms with Crippen molar-refractivity contribution < 1.29 is 18.0 Å². The van der Waals surface area contributed by atoms with E-state index in [4.69, 9.17) is 5.26 Å². The molecule has 0 saturated heterocycles. The minimum Gasteiger partial charge on any atom is -0.340 e. The van der Waals surface area contributed by atoms with E-state index in [0.29, 0.717) is 35.4 Å². The zero-order chi connectivity index (χ0) is 20.8. The Kier molecular flexibility index (Phi) is 4.45. The van der Waals surface area contributed by atoms with Crippen LogP contribution in [0.15, 0.2) is 30.7 Å². The predicted molar refractivity (Wildman–Crippen MR) is 95.7 cm³/mol. The first-order chi connectivity index (χ1) is 13.8. The fourth-order valence-electron chi connectivity index (χ4n) is 3.18. The zero-order valence-corrected chi connectivity index (χ0v) is 15.2. The number of halogens is 3. The second-order valence-corrected chi connectivity index (χ2v) is 6.98. The lowest BCUT2D eigenvalue weighted by molar-refractivity contribution is -0.158. The number of nitrogens with one attached hydrogen (secondary N) is 1. The SMILES string of the molecule is Cc1cc(-c2cncc(C#N)c2)nc2c(C(=O)N[C@@H](C3CC3)C(F)(F)F)cnn12. The van der Waals surface area contributed by atoms with Crippen molar-refractivity contribution >= 4 is 11.6 Å². The van der Waals surface area contributed by atoms with Crippen LogP contribution in [0.3, 0.4) is 0 Å².